The van der Waals surface area contributed by atoms with Crippen LogP contribution in [0.15, 0.2) is 18.2 Å². The minimum absolute atomic E-state index is 0.631. The molecule has 0 fully saturated rings. The van der Waals surface area contributed by atoms with E-state index in [2.05, 4.69) is 49.2 Å². The number of rotatable bonds is 6. The Morgan fingerprint density at radius 1 is 1.32 bits per heavy atom. The van der Waals surface area contributed by atoms with Crippen LogP contribution in [0, 0.1) is 6.92 Å². The average molecular weight is 260 g/mol. The third kappa shape index (κ3) is 3.73. The van der Waals surface area contributed by atoms with Crippen molar-refractivity contribution in [2.45, 2.75) is 52.5 Å². The Morgan fingerprint density at radius 2 is 2.16 bits per heavy atom. The van der Waals surface area contributed by atoms with Gasteiger partial charge in [-0.25, -0.2) is 0 Å². The number of aryl methyl sites for hydroxylation is 2. The molecule has 0 aromatic heterocycles. The topological polar surface area (TPSA) is 15.3 Å². The van der Waals surface area contributed by atoms with Gasteiger partial charge in [-0.15, -0.1) is 0 Å². The van der Waals surface area contributed by atoms with E-state index in [-0.39, 0.29) is 0 Å². The van der Waals surface area contributed by atoms with Crippen molar-refractivity contribution >= 4 is 5.69 Å². The zero-order chi connectivity index (χ0) is 13.7. The summed E-state index contributed by atoms with van der Waals surface area (Å²) in [5, 5.41) is 3.51. The normalized spacial score (nSPS) is 16.3. The Labute approximate surface area is 118 Å². The highest BCUT2D eigenvalue weighted by molar-refractivity contribution is 5.57. The zero-order valence-electron chi connectivity index (χ0n) is 12.7. The second-order valence-electron chi connectivity index (χ2n) is 5.82. The summed E-state index contributed by atoms with van der Waals surface area (Å²) in [5.74, 6) is 0. The largest absolute Gasteiger partial charge is 0.369 e. The van der Waals surface area contributed by atoms with E-state index in [0.717, 1.165) is 13.1 Å². The molecule has 2 nitrogen and oxygen atoms in total. The second-order valence-corrected chi connectivity index (χ2v) is 5.82. The summed E-state index contributed by atoms with van der Waals surface area (Å²) in [6.45, 7) is 10.3. The molecule has 0 amide bonds. The van der Waals surface area contributed by atoms with Crippen LogP contribution >= 0.6 is 0 Å². The van der Waals surface area contributed by atoms with Crippen LogP contribution in [0.1, 0.15) is 44.2 Å². The first-order valence-electron chi connectivity index (χ1n) is 7.79. The van der Waals surface area contributed by atoms with Crippen LogP contribution in [-0.2, 0) is 6.42 Å². The van der Waals surface area contributed by atoms with Crippen LogP contribution in [0.5, 0.6) is 0 Å². The number of nitrogens with zero attached hydrogens (tertiary/aromatic N) is 1. The summed E-state index contributed by atoms with van der Waals surface area (Å²) in [6, 6.07) is 7.56. The van der Waals surface area contributed by atoms with Gasteiger partial charge in [0, 0.05) is 18.3 Å². The van der Waals surface area contributed by atoms with E-state index in [1.54, 1.807) is 5.56 Å². The highest BCUT2D eigenvalue weighted by Gasteiger charge is 2.20. The molecule has 19 heavy (non-hydrogen) atoms. The molecule has 1 aromatic carbocycles. The molecule has 2 heteroatoms. The van der Waals surface area contributed by atoms with Gasteiger partial charge >= 0.3 is 0 Å². The Hall–Kier alpha value is -1.02. The van der Waals surface area contributed by atoms with Gasteiger partial charge in [0.2, 0.25) is 0 Å². The molecule has 1 atom stereocenters. The van der Waals surface area contributed by atoms with Gasteiger partial charge < -0.3 is 10.2 Å². The smallest absolute Gasteiger partial charge is 0.0401 e. The van der Waals surface area contributed by atoms with Crippen molar-refractivity contribution in [3.8, 4) is 0 Å². The predicted molar refractivity (Wildman–Crippen MR) is 84.1 cm³/mol. The monoisotopic (exact) mass is 260 g/mol. The van der Waals surface area contributed by atoms with Crippen molar-refractivity contribution in [3.05, 3.63) is 29.3 Å². The number of hydrogen-bond donors (Lipinski definition) is 1. The minimum atomic E-state index is 0.631. The van der Waals surface area contributed by atoms with Crippen molar-refractivity contribution in [1.82, 2.24) is 5.32 Å². The van der Waals surface area contributed by atoms with Gasteiger partial charge in [-0.3, -0.25) is 0 Å². The van der Waals surface area contributed by atoms with Crippen LogP contribution in [0.2, 0.25) is 0 Å². The van der Waals surface area contributed by atoms with Crippen molar-refractivity contribution in [2.75, 3.05) is 24.5 Å². The number of nitrogens with one attached hydrogen (secondary N) is 1. The van der Waals surface area contributed by atoms with E-state index in [1.807, 2.05) is 0 Å². The fourth-order valence-corrected chi connectivity index (χ4v) is 2.98. The third-order valence-corrected chi connectivity index (χ3v) is 4.09. The molecule has 1 aliphatic heterocycles. The van der Waals surface area contributed by atoms with Crippen LogP contribution in [-0.4, -0.2) is 25.7 Å². The number of anilines is 1. The first-order chi connectivity index (χ1) is 9.22. The number of benzene rings is 1. The minimum Gasteiger partial charge on any atom is -0.369 e. The Kier molecular flexibility index (Phi) is 5.26. The first-order valence-corrected chi connectivity index (χ1v) is 7.79. The fraction of sp³-hybridized carbons (Fsp3) is 0.647. The van der Waals surface area contributed by atoms with Crippen LogP contribution in [0.3, 0.4) is 0 Å². The van der Waals surface area contributed by atoms with Gasteiger partial charge in [0.05, 0.1) is 0 Å². The van der Waals surface area contributed by atoms with Gasteiger partial charge in [0.25, 0.3) is 0 Å². The van der Waals surface area contributed by atoms with E-state index in [4.69, 9.17) is 0 Å². The molecular formula is C17H28N2. The van der Waals surface area contributed by atoms with Gasteiger partial charge in [-0.05, 0) is 64.3 Å². The molecule has 0 bridgehead atoms. The maximum atomic E-state index is 3.51. The molecule has 1 aliphatic rings. The number of fused-ring (bicyclic) bond motifs is 1. The van der Waals surface area contributed by atoms with E-state index in [0.29, 0.717) is 6.04 Å². The van der Waals surface area contributed by atoms with E-state index in [1.165, 1.54) is 43.5 Å². The molecule has 2 rings (SSSR count). The average Bonchev–Trinajstić information content (AvgIpc) is 2.42. The summed E-state index contributed by atoms with van der Waals surface area (Å²) in [5.41, 5.74) is 4.40. The summed E-state index contributed by atoms with van der Waals surface area (Å²) in [4.78, 5) is 2.60. The van der Waals surface area contributed by atoms with Crippen molar-refractivity contribution in [2.24, 2.45) is 0 Å². The Bertz CT molecular complexity index is 400. The lowest BCUT2D eigenvalue weighted by Gasteiger charge is -2.36. The maximum absolute atomic E-state index is 3.51. The van der Waals surface area contributed by atoms with Crippen molar-refractivity contribution in [3.63, 3.8) is 0 Å². The highest BCUT2D eigenvalue weighted by Crippen LogP contribution is 2.30. The lowest BCUT2D eigenvalue weighted by molar-refractivity contribution is 0.530. The van der Waals surface area contributed by atoms with Gasteiger partial charge in [-0.2, -0.15) is 0 Å². The van der Waals surface area contributed by atoms with Crippen LogP contribution in [0.4, 0.5) is 5.69 Å². The van der Waals surface area contributed by atoms with Crippen molar-refractivity contribution in [1.29, 1.82) is 0 Å². The van der Waals surface area contributed by atoms with Gasteiger partial charge in [-0.1, -0.05) is 24.6 Å². The third-order valence-electron chi connectivity index (χ3n) is 4.09. The Morgan fingerprint density at radius 3 is 2.95 bits per heavy atom. The van der Waals surface area contributed by atoms with Gasteiger partial charge in [0.1, 0.15) is 0 Å². The van der Waals surface area contributed by atoms with Crippen molar-refractivity contribution < 1.29 is 0 Å². The molecule has 1 N–H and O–H groups in total. The van der Waals surface area contributed by atoms with E-state index < -0.39 is 0 Å². The first kappa shape index (κ1) is 14.4. The molecule has 1 heterocycles. The lowest BCUT2D eigenvalue weighted by Crippen LogP contribution is -2.39. The SMILES string of the molecule is CCCNCCC(C)N1CCCc2cc(C)ccc21. The molecule has 0 saturated heterocycles. The molecule has 0 spiro atoms. The predicted octanol–water partition coefficient (Wildman–Crippen LogP) is 3.53. The quantitative estimate of drug-likeness (QED) is 0.787. The number of hydrogen-bond acceptors (Lipinski definition) is 2. The zero-order valence-corrected chi connectivity index (χ0v) is 12.7. The fourth-order valence-electron chi connectivity index (χ4n) is 2.98. The molecule has 0 radical (unpaired) electrons. The highest BCUT2D eigenvalue weighted by atomic mass is 15.2. The molecular weight excluding hydrogens is 232 g/mol. The molecule has 1 aromatic rings. The van der Waals surface area contributed by atoms with Crippen LogP contribution in [0.25, 0.3) is 0 Å². The summed E-state index contributed by atoms with van der Waals surface area (Å²) in [6.07, 6.45) is 4.99. The Balaban J connectivity index is 1.98. The summed E-state index contributed by atoms with van der Waals surface area (Å²) < 4.78 is 0. The molecule has 1 unspecified atom stereocenters. The van der Waals surface area contributed by atoms with E-state index in [9.17, 15) is 0 Å². The van der Waals surface area contributed by atoms with E-state index >= 15 is 0 Å². The molecule has 0 saturated carbocycles. The van der Waals surface area contributed by atoms with Crippen LogP contribution < -0.4 is 10.2 Å². The second kappa shape index (κ2) is 6.95. The standard InChI is InChI=1S/C17H28N2/c1-4-10-18-11-9-15(3)19-12-5-6-16-13-14(2)7-8-17(16)19/h7-8,13,15,18H,4-6,9-12H2,1-3H3. The maximum Gasteiger partial charge on any atom is 0.0401 e. The summed E-state index contributed by atoms with van der Waals surface area (Å²) in [7, 11) is 0. The van der Waals surface area contributed by atoms with Gasteiger partial charge in [0.15, 0.2) is 0 Å². The molecule has 106 valence electrons. The lowest BCUT2D eigenvalue weighted by atomic mass is 9.97. The summed E-state index contributed by atoms with van der Waals surface area (Å²) >= 11 is 0. The molecule has 0 aliphatic carbocycles.